The first kappa shape index (κ1) is 14.6. The van der Waals surface area contributed by atoms with Crippen molar-refractivity contribution in [3.05, 3.63) is 28.0 Å². The van der Waals surface area contributed by atoms with E-state index in [2.05, 4.69) is 10.6 Å². The maximum absolute atomic E-state index is 11.7. The Bertz CT molecular complexity index is 504. The van der Waals surface area contributed by atoms with Crippen LogP contribution in [0.4, 0.5) is 4.79 Å². The van der Waals surface area contributed by atoms with Crippen molar-refractivity contribution in [1.29, 1.82) is 0 Å². The number of aliphatic carboxylic acids is 1. The van der Waals surface area contributed by atoms with Gasteiger partial charge in [-0.3, -0.25) is 0 Å². The summed E-state index contributed by atoms with van der Waals surface area (Å²) in [5.74, 6) is -0.964. The summed E-state index contributed by atoms with van der Waals surface area (Å²) < 4.78 is 0. The van der Waals surface area contributed by atoms with Crippen molar-refractivity contribution in [3.63, 3.8) is 0 Å². The molecule has 1 saturated carbocycles. The Morgan fingerprint density at radius 1 is 1.35 bits per heavy atom. The number of nitrogens with one attached hydrogen (secondary N) is 2. The molecule has 1 aliphatic carbocycles. The van der Waals surface area contributed by atoms with Gasteiger partial charge in [0, 0.05) is 21.9 Å². The summed E-state index contributed by atoms with van der Waals surface area (Å²) in [6, 6.07) is 3.92. The molecule has 5 nitrogen and oxygen atoms in total. The Balaban J connectivity index is 1.75. The van der Waals surface area contributed by atoms with Crippen LogP contribution in [-0.2, 0) is 11.3 Å². The van der Waals surface area contributed by atoms with Gasteiger partial charge in [0.25, 0.3) is 0 Å². The van der Waals surface area contributed by atoms with Gasteiger partial charge in [-0.25, -0.2) is 9.59 Å². The van der Waals surface area contributed by atoms with Crippen LogP contribution >= 0.6 is 11.3 Å². The third kappa shape index (κ3) is 4.70. The molecule has 20 heavy (non-hydrogen) atoms. The van der Waals surface area contributed by atoms with E-state index in [4.69, 9.17) is 5.11 Å². The van der Waals surface area contributed by atoms with Gasteiger partial charge < -0.3 is 15.7 Å². The van der Waals surface area contributed by atoms with Gasteiger partial charge >= 0.3 is 12.0 Å². The molecule has 6 heteroatoms. The number of carbonyl (C=O) groups excluding carboxylic acids is 1. The predicted molar refractivity (Wildman–Crippen MR) is 78.6 cm³/mol. The van der Waals surface area contributed by atoms with Gasteiger partial charge in [0.2, 0.25) is 0 Å². The maximum atomic E-state index is 11.7. The lowest BCUT2D eigenvalue weighted by molar-refractivity contribution is -0.131. The minimum atomic E-state index is -0.964. The Morgan fingerprint density at radius 3 is 2.80 bits per heavy atom. The Morgan fingerprint density at radius 2 is 2.10 bits per heavy atom. The normalized spacial score (nSPS) is 15.6. The van der Waals surface area contributed by atoms with Crippen LogP contribution < -0.4 is 10.6 Å². The van der Waals surface area contributed by atoms with Gasteiger partial charge in [0.1, 0.15) is 0 Å². The van der Waals surface area contributed by atoms with E-state index in [-0.39, 0.29) is 6.03 Å². The highest BCUT2D eigenvalue weighted by Crippen LogP contribution is 2.18. The minimum absolute atomic E-state index is 0.132. The summed E-state index contributed by atoms with van der Waals surface area (Å²) in [7, 11) is 0. The molecule has 0 unspecified atom stereocenters. The third-order valence-corrected chi connectivity index (χ3v) is 4.24. The van der Waals surface area contributed by atoms with Crippen LogP contribution in [0.5, 0.6) is 0 Å². The molecule has 0 atom stereocenters. The molecule has 1 fully saturated rings. The molecule has 0 radical (unpaired) electrons. The van der Waals surface area contributed by atoms with E-state index in [9.17, 15) is 9.59 Å². The minimum Gasteiger partial charge on any atom is -0.478 e. The Labute approximate surface area is 121 Å². The van der Waals surface area contributed by atoms with E-state index < -0.39 is 5.97 Å². The molecule has 0 spiro atoms. The second-order valence-electron chi connectivity index (χ2n) is 4.78. The standard InChI is InChI=1S/C14H18N2O3S/c17-13(18)8-7-11-5-6-12(20-11)9-15-14(19)16-10-3-1-2-4-10/h5-8,10H,1-4,9H2,(H,17,18)(H2,15,16,19)/b8-7+. The number of thiophene rings is 1. The van der Waals surface area contributed by atoms with Crippen LogP contribution in [0.25, 0.3) is 6.08 Å². The molecule has 108 valence electrons. The zero-order valence-corrected chi connectivity index (χ0v) is 11.9. The summed E-state index contributed by atoms with van der Waals surface area (Å²) in [4.78, 5) is 24.0. The lowest BCUT2D eigenvalue weighted by atomic mass is 10.2. The molecule has 0 aliphatic heterocycles. The molecule has 1 aromatic rings. The highest BCUT2D eigenvalue weighted by Gasteiger charge is 2.16. The maximum Gasteiger partial charge on any atom is 0.328 e. The quantitative estimate of drug-likeness (QED) is 0.730. The van der Waals surface area contributed by atoms with Crippen LogP contribution in [0.1, 0.15) is 35.4 Å². The number of carboxylic acids is 1. The third-order valence-electron chi connectivity index (χ3n) is 3.19. The van der Waals surface area contributed by atoms with E-state index in [1.807, 2.05) is 12.1 Å². The van der Waals surface area contributed by atoms with E-state index >= 15 is 0 Å². The summed E-state index contributed by atoms with van der Waals surface area (Å²) in [6.45, 7) is 0.462. The lowest BCUT2D eigenvalue weighted by Crippen LogP contribution is -2.40. The molecule has 1 heterocycles. The van der Waals surface area contributed by atoms with Crippen LogP contribution in [0.2, 0.25) is 0 Å². The number of hydrogen-bond acceptors (Lipinski definition) is 3. The van der Waals surface area contributed by atoms with E-state index in [1.54, 1.807) is 6.08 Å². The number of urea groups is 1. The molecule has 1 aromatic heterocycles. The zero-order chi connectivity index (χ0) is 14.4. The van der Waals surface area contributed by atoms with E-state index in [1.165, 1.54) is 24.2 Å². The number of amides is 2. The van der Waals surface area contributed by atoms with Crippen LogP contribution in [0.3, 0.4) is 0 Å². The van der Waals surface area contributed by atoms with E-state index in [0.717, 1.165) is 28.7 Å². The average Bonchev–Trinajstić information content (AvgIpc) is 3.05. The SMILES string of the molecule is O=C(O)/C=C/c1ccc(CNC(=O)NC2CCCC2)s1. The number of rotatable bonds is 5. The highest BCUT2D eigenvalue weighted by molar-refractivity contribution is 7.12. The fourth-order valence-electron chi connectivity index (χ4n) is 2.21. The van der Waals surface area contributed by atoms with Crippen LogP contribution in [0.15, 0.2) is 18.2 Å². The Hall–Kier alpha value is -1.82. The molecule has 3 N–H and O–H groups in total. The summed E-state index contributed by atoms with van der Waals surface area (Å²) in [6.07, 6.45) is 7.17. The van der Waals surface area contributed by atoms with Gasteiger partial charge in [0.05, 0.1) is 6.54 Å². The average molecular weight is 294 g/mol. The molecule has 2 amide bonds. The summed E-state index contributed by atoms with van der Waals surface area (Å²) in [5.41, 5.74) is 0. The monoisotopic (exact) mass is 294 g/mol. The second kappa shape index (κ2) is 7.09. The molecule has 1 aliphatic rings. The number of carbonyl (C=O) groups is 2. The first-order chi connectivity index (χ1) is 9.63. The van der Waals surface area contributed by atoms with Gasteiger partial charge in [-0.2, -0.15) is 0 Å². The van der Waals surface area contributed by atoms with Crippen LogP contribution in [0, 0.1) is 0 Å². The van der Waals surface area contributed by atoms with Crippen molar-refractivity contribution in [2.45, 2.75) is 38.3 Å². The summed E-state index contributed by atoms with van der Waals surface area (Å²) >= 11 is 1.47. The van der Waals surface area contributed by atoms with Gasteiger partial charge in [-0.1, -0.05) is 12.8 Å². The molecular formula is C14H18N2O3S. The van der Waals surface area contributed by atoms with Gasteiger partial charge in [-0.15, -0.1) is 11.3 Å². The van der Waals surface area contributed by atoms with Crippen molar-refractivity contribution in [2.24, 2.45) is 0 Å². The summed E-state index contributed by atoms with van der Waals surface area (Å²) in [5, 5.41) is 14.3. The smallest absolute Gasteiger partial charge is 0.328 e. The first-order valence-electron chi connectivity index (χ1n) is 6.67. The molecule has 0 bridgehead atoms. The highest BCUT2D eigenvalue weighted by atomic mass is 32.1. The van der Waals surface area contributed by atoms with Crippen LogP contribution in [-0.4, -0.2) is 23.1 Å². The molecule has 0 saturated heterocycles. The second-order valence-corrected chi connectivity index (χ2v) is 5.98. The Kier molecular flexibility index (Phi) is 5.17. The molecular weight excluding hydrogens is 276 g/mol. The molecule has 0 aromatic carbocycles. The first-order valence-corrected chi connectivity index (χ1v) is 7.49. The predicted octanol–water partition coefficient (Wildman–Crippen LogP) is 2.59. The largest absolute Gasteiger partial charge is 0.478 e. The van der Waals surface area contributed by atoms with Crippen molar-refractivity contribution < 1.29 is 14.7 Å². The zero-order valence-electron chi connectivity index (χ0n) is 11.1. The van der Waals surface area contributed by atoms with E-state index in [0.29, 0.717) is 12.6 Å². The van der Waals surface area contributed by atoms with Gasteiger partial charge in [0.15, 0.2) is 0 Å². The lowest BCUT2D eigenvalue weighted by Gasteiger charge is -2.12. The number of carboxylic acid groups (broad SMARTS) is 1. The topological polar surface area (TPSA) is 78.4 Å². The molecule has 2 rings (SSSR count). The number of hydrogen-bond donors (Lipinski definition) is 3. The van der Waals surface area contributed by atoms with Crippen molar-refractivity contribution in [2.75, 3.05) is 0 Å². The van der Waals surface area contributed by atoms with Crippen molar-refractivity contribution in [3.8, 4) is 0 Å². The fraction of sp³-hybridized carbons (Fsp3) is 0.429. The van der Waals surface area contributed by atoms with Crippen molar-refractivity contribution >= 4 is 29.4 Å². The fourth-order valence-corrected chi connectivity index (χ4v) is 3.06. The van der Waals surface area contributed by atoms with Gasteiger partial charge in [-0.05, 0) is 31.1 Å². The van der Waals surface area contributed by atoms with Crippen molar-refractivity contribution in [1.82, 2.24) is 10.6 Å².